The monoisotopic (exact) mass is 342 g/mol. The molecule has 25 heavy (non-hydrogen) atoms. The topological polar surface area (TPSA) is 40.6 Å². The Morgan fingerprint density at radius 2 is 1.64 bits per heavy atom. The molecule has 136 valence electrons. The summed E-state index contributed by atoms with van der Waals surface area (Å²) in [6, 6.07) is 5.96. The zero-order chi connectivity index (χ0) is 17.8. The van der Waals surface area contributed by atoms with Crippen LogP contribution in [0.1, 0.15) is 60.0 Å². The van der Waals surface area contributed by atoms with Gasteiger partial charge in [-0.3, -0.25) is 9.59 Å². The van der Waals surface area contributed by atoms with Crippen molar-refractivity contribution in [1.29, 1.82) is 0 Å². The normalized spacial score (nSPS) is 18.6. The predicted octanol–water partition coefficient (Wildman–Crippen LogP) is 3.56. The molecule has 0 unspecified atom stereocenters. The maximum absolute atomic E-state index is 12.7. The molecule has 0 bridgehead atoms. The van der Waals surface area contributed by atoms with Gasteiger partial charge in [0.1, 0.15) is 0 Å². The molecule has 1 saturated carbocycles. The van der Waals surface area contributed by atoms with Crippen LogP contribution in [0.15, 0.2) is 18.2 Å². The first kappa shape index (κ1) is 18.0. The quantitative estimate of drug-likeness (QED) is 0.839. The van der Waals surface area contributed by atoms with Crippen LogP contribution < -0.4 is 0 Å². The van der Waals surface area contributed by atoms with Crippen molar-refractivity contribution in [2.75, 3.05) is 26.2 Å². The lowest BCUT2D eigenvalue weighted by Gasteiger charge is -2.35. The Morgan fingerprint density at radius 1 is 1.00 bits per heavy atom. The third-order valence-corrected chi connectivity index (χ3v) is 5.77. The standard InChI is InChI=1S/C21H30N2O2/c1-16-7-9-19(17(2)15-16)21(25)23-13-11-22(12-14-23)20(24)10-8-18-5-3-4-6-18/h7,9,15,18H,3-6,8,10-14H2,1-2H3. The van der Waals surface area contributed by atoms with Gasteiger partial charge in [0.2, 0.25) is 5.91 Å². The second-order valence-corrected chi connectivity index (χ2v) is 7.68. The Bertz CT molecular complexity index is 627. The molecule has 0 N–H and O–H groups in total. The van der Waals surface area contributed by atoms with E-state index in [1.807, 2.05) is 35.8 Å². The number of benzene rings is 1. The van der Waals surface area contributed by atoms with Crippen LogP contribution in [0.25, 0.3) is 0 Å². The Hall–Kier alpha value is -1.84. The average molecular weight is 342 g/mol. The van der Waals surface area contributed by atoms with Crippen LogP contribution >= 0.6 is 0 Å². The number of carbonyl (C=O) groups excluding carboxylic acids is 2. The zero-order valence-corrected chi connectivity index (χ0v) is 15.6. The van der Waals surface area contributed by atoms with Crippen molar-refractivity contribution in [3.63, 3.8) is 0 Å². The molecule has 1 aliphatic carbocycles. The Balaban J connectivity index is 1.49. The Labute approximate surface area is 151 Å². The van der Waals surface area contributed by atoms with E-state index < -0.39 is 0 Å². The highest BCUT2D eigenvalue weighted by molar-refractivity contribution is 5.95. The molecule has 0 atom stereocenters. The van der Waals surface area contributed by atoms with Gasteiger partial charge in [-0.25, -0.2) is 0 Å². The van der Waals surface area contributed by atoms with Gasteiger partial charge in [-0.2, -0.15) is 0 Å². The van der Waals surface area contributed by atoms with Gasteiger partial charge in [0.15, 0.2) is 0 Å². The van der Waals surface area contributed by atoms with Crippen LogP contribution in [0.4, 0.5) is 0 Å². The lowest BCUT2D eigenvalue weighted by Crippen LogP contribution is -2.50. The summed E-state index contributed by atoms with van der Waals surface area (Å²) in [5, 5.41) is 0. The van der Waals surface area contributed by atoms with E-state index in [0.717, 1.165) is 23.5 Å². The molecular weight excluding hydrogens is 312 g/mol. The molecule has 4 nitrogen and oxygen atoms in total. The maximum atomic E-state index is 12.7. The molecule has 0 radical (unpaired) electrons. The number of hydrogen-bond acceptors (Lipinski definition) is 2. The van der Waals surface area contributed by atoms with E-state index in [-0.39, 0.29) is 11.8 Å². The molecule has 1 aliphatic heterocycles. The summed E-state index contributed by atoms with van der Waals surface area (Å²) < 4.78 is 0. The lowest BCUT2D eigenvalue weighted by atomic mass is 10.0. The Morgan fingerprint density at radius 3 is 2.28 bits per heavy atom. The minimum atomic E-state index is 0.0931. The number of piperazine rings is 1. The molecular formula is C21H30N2O2. The molecule has 2 aliphatic rings. The molecule has 4 heteroatoms. The zero-order valence-electron chi connectivity index (χ0n) is 15.6. The summed E-state index contributed by atoms with van der Waals surface area (Å²) in [4.78, 5) is 29.0. The van der Waals surface area contributed by atoms with E-state index in [1.54, 1.807) is 0 Å². The molecule has 1 heterocycles. The summed E-state index contributed by atoms with van der Waals surface area (Å²) in [7, 11) is 0. The van der Waals surface area contributed by atoms with Crippen LogP contribution in [0.5, 0.6) is 0 Å². The second kappa shape index (κ2) is 8.03. The predicted molar refractivity (Wildman–Crippen MR) is 99.6 cm³/mol. The third kappa shape index (κ3) is 4.42. The van der Waals surface area contributed by atoms with Crippen LogP contribution in [-0.2, 0) is 4.79 Å². The summed E-state index contributed by atoms with van der Waals surface area (Å²) in [6.07, 6.45) is 6.98. The van der Waals surface area contributed by atoms with Gasteiger partial charge in [-0.05, 0) is 37.8 Å². The van der Waals surface area contributed by atoms with Crippen LogP contribution in [0.3, 0.4) is 0 Å². The molecule has 1 aromatic rings. The molecule has 2 fully saturated rings. The van der Waals surface area contributed by atoms with E-state index in [9.17, 15) is 9.59 Å². The van der Waals surface area contributed by atoms with Crippen LogP contribution in [-0.4, -0.2) is 47.8 Å². The van der Waals surface area contributed by atoms with E-state index in [2.05, 4.69) is 6.07 Å². The average Bonchev–Trinajstić information content (AvgIpc) is 3.13. The molecule has 1 aromatic carbocycles. The first-order valence-corrected chi connectivity index (χ1v) is 9.69. The summed E-state index contributed by atoms with van der Waals surface area (Å²) in [5.41, 5.74) is 2.98. The summed E-state index contributed by atoms with van der Waals surface area (Å²) in [5.74, 6) is 1.12. The fourth-order valence-corrected chi connectivity index (χ4v) is 4.17. The van der Waals surface area contributed by atoms with E-state index in [1.165, 1.54) is 31.2 Å². The fourth-order valence-electron chi connectivity index (χ4n) is 4.17. The number of nitrogens with zero attached hydrogens (tertiary/aromatic N) is 2. The van der Waals surface area contributed by atoms with E-state index in [0.29, 0.717) is 32.6 Å². The maximum Gasteiger partial charge on any atom is 0.254 e. The Kier molecular flexibility index (Phi) is 5.77. The molecule has 3 rings (SSSR count). The fraction of sp³-hybridized carbons (Fsp3) is 0.619. The molecule has 0 aromatic heterocycles. The highest BCUT2D eigenvalue weighted by atomic mass is 16.2. The van der Waals surface area contributed by atoms with Crippen molar-refractivity contribution in [2.24, 2.45) is 5.92 Å². The second-order valence-electron chi connectivity index (χ2n) is 7.68. The highest BCUT2D eigenvalue weighted by Gasteiger charge is 2.26. The van der Waals surface area contributed by atoms with Gasteiger partial charge >= 0.3 is 0 Å². The van der Waals surface area contributed by atoms with Gasteiger partial charge in [0.25, 0.3) is 5.91 Å². The van der Waals surface area contributed by atoms with Crippen molar-refractivity contribution in [1.82, 2.24) is 9.80 Å². The van der Waals surface area contributed by atoms with Crippen LogP contribution in [0, 0.1) is 19.8 Å². The SMILES string of the molecule is Cc1ccc(C(=O)N2CCN(C(=O)CCC3CCCC3)CC2)c(C)c1. The van der Waals surface area contributed by atoms with E-state index in [4.69, 9.17) is 0 Å². The smallest absolute Gasteiger partial charge is 0.254 e. The number of rotatable bonds is 4. The molecule has 2 amide bonds. The van der Waals surface area contributed by atoms with Crippen molar-refractivity contribution in [3.05, 3.63) is 34.9 Å². The van der Waals surface area contributed by atoms with Crippen molar-refractivity contribution in [2.45, 2.75) is 52.4 Å². The van der Waals surface area contributed by atoms with Crippen molar-refractivity contribution < 1.29 is 9.59 Å². The minimum absolute atomic E-state index is 0.0931. The number of aryl methyl sites for hydroxylation is 2. The van der Waals surface area contributed by atoms with Gasteiger partial charge < -0.3 is 9.80 Å². The summed E-state index contributed by atoms with van der Waals surface area (Å²) in [6.45, 7) is 6.64. The molecule has 0 spiro atoms. The van der Waals surface area contributed by atoms with Crippen molar-refractivity contribution >= 4 is 11.8 Å². The molecule has 1 saturated heterocycles. The third-order valence-electron chi connectivity index (χ3n) is 5.77. The first-order valence-electron chi connectivity index (χ1n) is 9.69. The lowest BCUT2D eigenvalue weighted by molar-refractivity contribution is -0.133. The van der Waals surface area contributed by atoms with Gasteiger partial charge in [-0.15, -0.1) is 0 Å². The highest BCUT2D eigenvalue weighted by Crippen LogP contribution is 2.28. The van der Waals surface area contributed by atoms with Crippen molar-refractivity contribution in [3.8, 4) is 0 Å². The van der Waals surface area contributed by atoms with Gasteiger partial charge in [0, 0.05) is 38.2 Å². The first-order chi connectivity index (χ1) is 12.0. The number of carbonyl (C=O) groups is 2. The van der Waals surface area contributed by atoms with E-state index >= 15 is 0 Å². The number of amides is 2. The minimum Gasteiger partial charge on any atom is -0.339 e. The number of hydrogen-bond donors (Lipinski definition) is 0. The van der Waals surface area contributed by atoms with Gasteiger partial charge in [-0.1, -0.05) is 43.4 Å². The van der Waals surface area contributed by atoms with Gasteiger partial charge in [0.05, 0.1) is 0 Å². The van der Waals surface area contributed by atoms with Crippen LogP contribution in [0.2, 0.25) is 0 Å². The summed E-state index contributed by atoms with van der Waals surface area (Å²) >= 11 is 0. The largest absolute Gasteiger partial charge is 0.339 e.